The molecule has 0 saturated heterocycles. The van der Waals surface area contributed by atoms with E-state index in [1.54, 1.807) is 0 Å². The molecule has 1 aliphatic carbocycles. The molecular weight excluding hydrogens is 308 g/mol. The summed E-state index contributed by atoms with van der Waals surface area (Å²) in [6, 6.07) is 1.96. The quantitative estimate of drug-likeness (QED) is 0.664. The van der Waals surface area contributed by atoms with Gasteiger partial charge in [-0.15, -0.1) is 0 Å². The molecule has 1 N–H and O–H groups in total. The molecule has 0 bridgehead atoms. The van der Waals surface area contributed by atoms with Crippen LogP contribution in [-0.2, 0) is 0 Å². The summed E-state index contributed by atoms with van der Waals surface area (Å²) in [5, 5.41) is 12.9. The topological polar surface area (TPSA) is 55.2 Å². The lowest BCUT2D eigenvalue weighted by Gasteiger charge is -2.22. The zero-order valence-electron chi connectivity index (χ0n) is 9.22. The van der Waals surface area contributed by atoms with Crippen molar-refractivity contribution in [3.05, 3.63) is 32.3 Å². The van der Waals surface area contributed by atoms with E-state index in [2.05, 4.69) is 5.32 Å². The lowest BCUT2D eigenvalue weighted by atomic mass is 10.2. The highest BCUT2D eigenvalue weighted by Crippen LogP contribution is 2.52. The largest absolute Gasteiger partial charge is 0.411 e. The van der Waals surface area contributed by atoms with Gasteiger partial charge in [0.05, 0.1) is 15.0 Å². The van der Waals surface area contributed by atoms with Gasteiger partial charge in [-0.25, -0.2) is 0 Å². The SMILES string of the molecule is O=[N+]([O-])c1cc(Cl)c(Cl)cc1NC1(C(F)(F)F)CC1. The molecule has 0 atom stereocenters. The Morgan fingerprint density at radius 2 is 1.79 bits per heavy atom. The maximum absolute atomic E-state index is 12.8. The molecule has 0 amide bonds. The van der Waals surface area contributed by atoms with Gasteiger partial charge in [-0.05, 0) is 18.9 Å². The molecule has 1 aliphatic rings. The number of anilines is 1. The number of nitrogens with zero attached hydrogens (tertiary/aromatic N) is 1. The minimum absolute atomic E-state index is 0.0484. The molecule has 104 valence electrons. The summed E-state index contributed by atoms with van der Waals surface area (Å²) in [6.07, 6.45) is -4.74. The summed E-state index contributed by atoms with van der Waals surface area (Å²) in [6.45, 7) is 0. The average molecular weight is 315 g/mol. The van der Waals surface area contributed by atoms with Crippen LogP contribution in [0.25, 0.3) is 0 Å². The Balaban J connectivity index is 2.40. The first-order chi connectivity index (χ1) is 8.66. The van der Waals surface area contributed by atoms with Gasteiger partial charge >= 0.3 is 6.18 Å². The maximum Gasteiger partial charge on any atom is 0.411 e. The van der Waals surface area contributed by atoms with Crippen molar-refractivity contribution in [1.29, 1.82) is 0 Å². The number of benzene rings is 1. The molecule has 19 heavy (non-hydrogen) atoms. The molecule has 4 nitrogen and oxygen atoms in total. The van der Waals surface area contributed by atoms with E-state index in [1.165, 1.54) is 0 Å². The molecule has 0 spiro atoms. The van der Waals surface area contributed by atoms with Crippen LogP contribution in [0.5, 0.6) is 0 Å². The van der Waals surface area contributed by atoms with Crippen LogP contribution in [0.15, 0.2) is 12.1 Å². The first-order valence-corrected chi connectivity index (χ1v) is 5.90. The average Bonchev–Trinajstić information content (AvgIpc) is 3.03. The van der Waals surface area contributed by atoms with Crippen molar-refractivity contribution in [2.45, 2.75) is 24.6 Å². The third-order valence-electron chi connectivity index (χ3n) is 2.90. The van der Waals surface area contributed by atoms with E-state index in [0.717, 1.165) is 12.1 Å². The monoisotopic (exact) mass is 314 g/mol. The molecule has 1 saturated carbocycles. The highest BCUT2D eigenvalue weighted by atomic mass is 35.5. The smallest absolute Gasteiger partial charge is 0.366 e. The van der Waals surface area contributed by atoms with Crippen molar-refractivity contribution in [2.75, 3.05) is 5.32 Å². The molecule has 0 radical (unpaired) electrons. The van der Waals surface area contributed by atoms with Crippen LogP contribution in [0.1, 0.15) is 12.8 Å². The summed E-state index contributed by atoms with van der Waals surface area (Å²) in [4.78, 5) is 10.0. The zero-order chi connectivity index (χ0) is 14.4. The van der Waals surface area contributed by atoms with Gasteiger partial charge in [0.2, 0.25) is 0 Å². The Kier molecular flexibility index (Phi) is 3.30. The number of nitrogens with one attached hydrogen (secondary N) is 1. The fourth-order valence-corrected chi connectivity index (χ4v) is 1.97. The number of hydrogen-bond donors (Lipinski definition) is 1. The van der Waals surface area contributed by atoms with Crippen molar-refractivity contribution < 1.29 is 18.1 Å². The van der Waals surface area contributed by atoms with Crippen LogP contribution in [0.2, 0.25) is 10.0 Å². The van der Waals surface area contributed by atoms with E-state index in [9.17, 15) is 23.3 Å². The lowest BCUT2D eigenvalue weighted by Crippen LogP contribution is -2.38. The summed E-state index contributed by atoms with van der Waals surface area (Å²) in [5.74, 6) is 0. The molecule has 0 aromatic heterocycles. The molecular formula is C10H7Cl2F3N2O2. The van der Waals surface area contributed by atoms with Gasteiger partial charge < -0.3 is 5.32 Å². The second kappa shape index (κ2) is 4.42. The third kappa shape index (κ3) is 2.57. The molecule has 1 fully saturated rings. The van der Waals surface area contributed by atoms with E-state index in [4.69, 9.17) is 23.2 Å². The predicted molar refractivity (Wildman–Crippen MR) is 64.8 cm³/mol. The van der Waals surface area contributed by atoms with Crippen LogP contribution in [0.4, 0.5) is 24.5 Å². The van der Waals surface area contributed by atoms with Gasteiger partial charge in [0.15, 0.2) is 0 Å². The highest BCUT2D eigenvalue weighted by molar-refractivity contribution is 6.42. The molecule has 2 rings (SSSR count). The number of alkyl halides is 3. The second-order valence-corrected chi connectivity index (χ2v) is 5.06. The Hall–Kier alpha value is -1.21. The van der Waals surface area contributed by atoms with Crippen LogP contribution in [0, 0.1) is 10.1 Å². The van der Waals surface area contributed by atoms with Crippen molar-refractivity contribution in [2.24, 2.45) is 0 Å². The first kappa shape index (κ1) is 14.2. The van der Waals surface area contributed by atoms with Crippen LogP contribution in [0.3, 0.4) is 0 Å². The van der Waals surface area contributed by atoms with Crippen LogP contribution in [-0.4, -0.2) is 16.6 Å². The van der Waals surface area contributed by atoms with Crippen molar-refractivity contribution in [3.63, 3.8) is 0 Å². The summed E-state index contributed by atoms with van der Waals surface area (Å²) in [7, 11) is 0. The van der Waals surface area contributed by atoms with Gasteiger partial charge in [0, 0.05) is 6.07 Å². The number of nitro groups is 1. The van der Waals surface area contributed by atoms with E-state index in [1.807, 2.05) is 0 Å². The standard InChI is InChI=1S/C10H7Cl2F3N2O2/c11-5-3-7(8(17(18)19)4-6(5)12)16-9(1-2-9)10(13,14)15/h3-4,16H,1-2H2. The summed E-state index contributed by atoms with van der Waals surface area (Å²) < 4.78 is 38.4. The minimum atomic E-state index is -4.48. The normalized spacial score (nSPS) is 17.1. The first-order valence-electron chi connectivity index (χ1n) is 5.15. The zero-order valence-corrected chi connectivity index (χ0v) is 10.7. The molecule has 1 aromatic rings. The number of rotatable bonds is 3. The lowest BCUT2D eigenvalue weighted by molar-refractivity contribution is -0.384. The number of nitro benzene ring substituents is 1. The fraction of sp³-hybridized carbons (Fsp3) is 0.400. The number of halogens is 5. The Morgan fingerprint density at radius 1 is 1.26 bits per heavy atom. The van der Waals surface area contributed by atoms with E-state index < -0.39 is 22.3 Å². The summed E-state index contributed by atoms with van der Waals surface area (Å²) in [5.41, 5.74) is -2.92. The molecule has 0 unspecified atom stereocenters. The molecule has 0 aliphatic heterocycles. The maximum atomic E-state index is 12.8. The Bertz CT molecular complexity index is 544. The van der Waals surface area contributed by atoms with Crippen molar-refractivity contribution >= 4 is 34.6 Å². The van der Waals surface area contributed by atoms with Crippen LogP contribution >= 0.6 is 23.2 Å². The van der Waals surface area contributed by atoms with Gasteiger partial charge in [0.1, 0.15) is 11.2 Å². The van der Waals surface area contributed by atoms with Crippen LogP contribution < -0.4 is 5.32 Å². The second-order valence-electron chi connectivity index (χ2n) is 4.25. The highest BCUT2D eigenvalue weighted by Gasteiger charge is 2.64. The van der Waals surface area contributed by atoms with Gasteiger partial charge in [-0.1, -0.05) is 23.2 Å². The van der Waals surface area contributed by atoms with E-state index in [0.29, 0.717) is 0 Å². The molecule has 1 aromatic carbocycles. The van der Waals surface area contributed by atoms with Crippen molar-refractivity contribution in [1.82, 2.24) is 0 Å². The van der Waals surface area contributed by atoms with Gasteiger partial charge in [0.25, 0.3) is 5.69 Å². The molecule has 9 heteroatoms. The summed E-state index contributed by atoms with van der Waals surface area (Å²) >= 11 is 11.3. The fourth-order valence-electron chi connectivity index (χ4n) is 1.65. The van der Waals surface area contributed by atoms with Gasteiger partial charge in [-0.2, -0.15) is 13.2 Å². The Morgan fingerprint density at radius 3 is 2.21 bits per heavy atom. The minimum Gasteiger partial charge on any atom is -0.366 e. The van der Waals surface area contributed by atoms with E-state index in [-0.39, 0.29) is 28.6 Å². The third-order valence-corrected chi connectivity index (χ3v) is 3.62. The predicted octanol–water partition coefficient (Wildman–Crippen LogP) is 4.41. The number of hydrogen-bond acceptors (Lipinski definition) is 3. The molecule has 0 heterocycles. The van der Waals surface area contributed by atoms with Gasteiger partial charge in [-0.3, -0.25) is 10.1 Å². The Labute approximate surface area is 115 Å². The van der Waals surface area contributed by atoms with E-state index >= 15 is 0 Å². The van der Waals surface area contributed by atoms with Crippen molar-refractivity contribution in [3.8, 4) is 0 Å².